The first-order chi connectivity index (χ1) is 12.1. The van der Waals surface area contributed by atoms with Gasteiger partial charge in [-0.2, -0.15) is 0 Å². The quantitative estimate of drug-likeness (QED) is 0.300. The normalized spacial score (nSPS) is 19.1. The molecule has 158 valence electrons. The number of rotatable bonds is 11. The zero-order valence-corrected chi connectivity index (χ0v) is 17.4. The van der Waals surface area contributed by atoms with E-state index in [9.17, 15) is 22.8 Å². The molecule has 1 aliphatic rings. The van der Waals surface area contributed by atoms with Crippen LogP contribution in [0, 0.1) is 5.92 Å². The van der Waals surface area contributed by atoms with Crippen molar-refractivity contribution in [1.82, 2.24) is 5.32 Å². The van der Waals surface area contributed by atoms with Crippen molar-refractivity contribution < 1.29 is 27.5 Å². The number of carbonyl (C=O) groups excluding carboxylic acids is 3. The van der Waals surface area contributed by atoms with Gasteiger partial charge in [-0.1, -0.05) is 26.7 Å². The number of sulfone groups is 1. The van der Waals surface area contributed by atoms with Crippen LogP contribution in [0.5, 0.6) is 0 Å². The maximum absolute atomic E-state index is 12.7. The summed E-state index contributed by atoms with van der Waals surface area (Å²) >= 11 is 0. The summed E-state index contributed by atoms with van der Waals surface area (Å²) in [4.78, 5) is 35.3. The Morgan fingerprint density at radius 3 is 2.26 bits per heavy atom. The second-order valence-corrected chi connectivity index (χ2v) is 9.10. The molecule has 9 nitrogen and oxygen atoms in total. The summed E-state index contributed by atoms with van der Waals surface area (Å²) in [6.07, 6.45) is 2.30. The first kappa shape index (κ1) is 25.6. The molecule has 0 bridgehead atoms. The van der Waals surface area contributed by atoms with Crippen LogP contribution >= 0.6 is 12.4 Å². The maximum Gasteiger partial charge on any atom is 0.337 e. The molecule has 0 spiro atoms. The lowest BCUT2D eigenvalue weighted by Gasteiger charge is -2.26. The monoisotopic (exact) mass is 427 g/mol. The molecule has 2 atom stereocenters. The zero-order valence-electron chi connectivity index (χ0n) is 15.7. The number of esters is 1. The molecule has 1 fully saturated rings. The van der Waals surface area contributed by atoms with Crippen molar-refractivity contribution in [1.29, 1.82) is 0 Å². The van der Waals surface area contributed by atoms with E-state index in [1.807, 2.05) is 13.8 Å². The van der Waals surface area contributed by atoms with Crippen molar-refractivity contribution >= 4 is 40.0 Å². The molecule has 1 aliphatic heterocycles. The minimum absolute atomic E-state index is 0. The second kappa shape index (κ2) is 10.8. The van der Waals surface area contributed by atoms with E-state index in [4.69, 9.17) is 16.2 Å². The highest BCUT2D eigenvalue weighted by Crippen LogP contribution is 2.20. The van der Waals surface area contributed by atoms with Gasteiger partial charge in [0, 0.05) is 18.9 Å². The first-order valence-electron chi connectivity index (χ1n) is 8.81. The van der Waals surface area contributed by atoms with Crippen LogP contribution in [-0.2, 0) is 29.0 Å². The smallest absolute Gasteiger partial charge is 0.337 e. The Hall–Kier alpha value is -1.39. The zero-order chi connectivity index (χ0) is 20.0. The van der Waals surface area contributed by atoms with E-state index in [1.54, 1.807) is 0 Å². The van der Waals surface area contributed by atoms with Crippen LogP contribution in [0.15, 0.2) is 0 Å². The molecule has 2 amide bonds. The highest BCUT2D eigenvalue weighted by Gasteiger charge is 2.48. The van der Waals surface area contributed by atoms with E-state index in [-0.39, 0.29) is 37.3 Å². The van der Waals surface area contributed by atoms with E-state index in [2.05, 4.69) is 5.32 Å². The van der Waals surface area contributed by atoms with Crippen LogP contribution < -0.4 is 16.8 Å². The number of nitrogens with one attached hydrogen (secondary N) is 1. The highest BCUT2D eigenvalue weighted by molar-refractivity contribution is 7.92. The molecule has 5 N–H and O–H groups in total. The topological polar surface area (TPSA) is 159 Å². The predicted molar refractivity (Wildman–Crippen MR) is 103 cm³/mol. The number of nitrogens with two attached hydrogens (primary N) is 2. The molecule has 0 aromatic heterocycles. The third kappa shape index (κ3) is 6.93. The largest absolute Gasteiger partial charge is 0.464 e. The van der Waals surface area contributed by atoms with Gasteiger partial charge in [0.25, 0.3) is 0 Å². The fraction of sp³-hybridized carbons (Fsp3) is 0.812. The van der Waals surface area contributed by atoms with Crippen molar-refractivity contribution in [2.24, 2.45) is 17.4 Å². The minimum atomic E-state index is -3.83. The van der Waals surface area contributed by atoms with Crippen molar-refractivity contribution in [2.75, 3.05) is 18.9 Å². The van der Waals surface area contributed by atoms with Gasteiger partial charge in [0.1, 0.15) is 0 Å². The van der Waals surface area contributed by atoms with Crippen LogP contribution in [0.25, 0.3) is 0 Å². The van der Waals surface area contributed by atoms with Gasteiger partial charge in [0.05, 0.1) is 17.6 Å². The van der Waals surface area contributed by atoms with E-state index >= 15 is 0 Å². The Morgan fingerprint density at radius 2 is 1.85 bits per heavy atom. The van der Waals surface area contributed by atoms with Crippen LogP contribution in [-0.4, -0.2) is 55.9 Å². The lowest BCUT2D eigenvalue weighted by atomic mass is 10.0. The Kier molecular flexibility index (Phi) is 10.3. The summed E-state index contributed by atoms with van der Waals surface area (Å²) in [7, 11) is -3.83. The molecule has 11 heteroatoms. The number of ether oxygens (including phenoxy) is 1. The number of primary amides is 1. The average molecular weight is 428 g/mol. The Labute approximate surface area is 166 Å². The van der Waals surface area contributed by atoms with Crippen LogP contribution in [0.3, 0.4) is 0 Å². The fourth-order valence-electron chi connectivity index (χ4n) is 2.92. The van der Waals surface area contributed by atoms with Crippen LogP contribution in [0.4, 0.5) is 0 Å². The average Bonchev–Trinajstić information content (AvgIpc) is 2.97. The number of amides is 2. The summed E-state index contributed by atoms with van der Waals surface area (Å²) in [5.41, 5.74) is 8.59. The van der Waals surface area contributed by atoms with Crippen molar-refractivity contribution in [2.45, 2.75) is 56.7 Å². The lowest BCUT2D eigenvalue weighted by molar-refractivity contribution is -0.154. The van der Waals surface area contributed by atoms with Crippen LogP contribution in [0.1, 0.15) is 46.0 Å². The third-order valence-electron chi connectivity index (χ3n) is 4.47. The maximum atomic E-state index is 12.7. The Morgan fingerprint density at radius 1 is 1.30 bits per heavy atom. The number of carbonyl (C=O) groups is 3. The van der Waals surface area contributed by atoms with Gasteiger partial charge < -0.3 is 21.5 Å². The molecule has 1 saturated heterocycles. The fourth-order valence-corrected chi connectivity index (χ4v) is 5.24. The molecule has 0 aliphatic carbocycles. The minimum Gasteiger partial charge on any atom is -0.464 e. The lowest BCUT2D eigenvalue weighted by Crippen LogP contribution is -2.63. The molecule has 0 saturated carbocycles. The van der Waals surface area contributed by atoms with Gasteiger partial charge in [-0.05, 0) is 12.8 Å². The molecule has 0 aromatic rings. The summed E-state index contributed by atoms with van der Waals surface area (Å²) in [5.74, 6) is -3.73. The molecule has 1 heterocycles. The Bertz CT molecular complexity index is 636. The predicted octanol–water partition coefficient (Wildman–Crippen LogP) is -0.346. The molecule has 27 heavy (non-hydrogen) atoms. The van der Waals surface area contributed by atoms with Crippen LogP contribution in [0.2, 0.25) is 0 Å². The van der Waals surface area contributed by atoms with Gasteiger partial charge in [0.15, 0.2) is 9.84 Å². The van der Waals surface area contributed by atoms with E-state index in [0.717, 1.165) is 0 Å². The molecule has 1 unspecified atom stereocenters. The van der Waals surface area contributed by atoms with Crippen molar-refractivity contribution in [3.05, 3.63) is 0 Å². The molecule has 0 aromatic carbocycles. The SMILES string of the molecule is CCCC(CCC)S(=O)(=O)CC(N)(C(N)=O)C(=O)OC[C@@H]1CNC(=O)C1.Cl. The Balaban J connectivity index is 0.00000676. The third-order valence-corrected chi connectivity index (χ3v) is 6.82. The molecule has 0 radical (unpaired) electrons. The van der Waals surface area contributed by atoms with Gasteiger partial charge >= 0.3 is 5.97 Å². The van der Waals surface area contributed by atoms with E-state index < -0.39 is 38.3 Å². The number of hydrogen-bond acceptors (Lipinski definition) is 7. The summed E-state index contributed by atoms with van der Waals surface area (Å²) in [6.45, 7) is 3.91. The van der Waals surface area contributed by atoms with Gasteiger partial charge in [-0.25, -0.2) is 13.2 Å². The standard InChI is InChI=1S/C16H29N3O6S.ClH/c1-3-5-12(6-4-2)26(23,24)10-16(18,14(17)21)15(22)25-9-11-7-13(20)19-8-11;/h11-12H,3-10,18H2,1-2H3,(H2,17,21)(H,19,20);1H/t11-,16?;/m0./s1. The summed E-state index contributed by atoms with van der Waals surface area (Å²) < 4.78 is 30.4. The van der Waals surface area contributed by atoms with E-state index in [1.165, 1.54) is 0 Å². The second-order valence-electron chi connectivity index (χ2n) is 6.81. The van der Waals surface area contributed by atoms with E-state index in [0.29, 0.717) is 32.2 Å². The van der Waals surface area contributed by atoms with Gasteiger partial charge in [-0.3, -0.25) is 9.59 Å². The summed E-state index contributed by atoms with van der Waals surface area (Å²) in [5, 5.41) is 1.90. The molecular weight excluding hydrogens is 398 g/mol. The molecular formula is C16H30ClN3O6S. The van der Waals surface area contributed by atoms with Gasteiger partial charge in [0.2, 0.25) is 17.4 Å². The number of hydrogen-bond donors (Lipinski definition) is 3. The molecule has 1 rings (SSSR count). The van der Waals surface area contributed by atoms with Gasteiger partial charge in [-0.15, -0.1) is 12.4 Å². The first-order valence-corrected chi connectivity index (χ1v) is 10.5. The number of halogens is 1. The van der Waals surface area contributed by atoms with Crippen molar-refractivity contribution in [3.8, 4) is 0 Å². The highest BCUT2D eigenvalue weighted by atomic mass is 35.5. The van der Waals surface area contributed by atoms with Crippen molar-refractivity contribution in [3.63, 3.8) is 0 Å². The summed E-state index contributed by atoms with van der Waals surface area (Å²) in [6, 6.07) is 0.